The molecule has 0 spiro atoms. The molecule has 1 heterocycles. The van der Waals surface area contributed by atoms with E-state index in [-0.39, 0.29) is 6.54 Å². The topological polar surface area (TPSA) is 90.5 Å². The van der Waals surface area contributed by atoms with E-state index in [1.54, 1.807) is 24.3 Å². The van der Waals surface area contributed by atoms with Crippen LogP contribution >= 0.6 is 11.6 Å². The molecule has 0 atom stereocenters. The summed E-state index contributed by atoms with van der Waals surface area (Å²) in [5, 5.41) is 3.08. The van der Waals surface area contributed by atoms with Gasteiger partial charge in [-0.25, -0.2) is 9.59 Å². The van der Waals surface area contributed by atoms with Crippen LogP contribution in [0.1, 0.15) is 10.4 Å². The van der Waals surface area contributed by atoms with Gasteiger partial charge in [0.1, 0.15) is 6.54 Å². The summed E-state index contributed by atoms with van der Waals surface area (Å²) in [5.74, 6) is -1.52. The number of anilines is 1. The van der Waals surface area contributed by atoms with Gasteiger partial charge in [0.15, 0.2) is 5.58 Å². The molecule has 0 aliphatic heterocycles. The molecule has 1 amide bonds. The first kappa shape index (κ1) is 16.8. The third-order valence-electron chi connectivity index (χ3n) is 3.52. The number of halogens is 1. The van der Waals surface area contributed by atoms with Crippen molar-refractivity contribution in [2.24, 2.45) is 0 Å². The van der Waals surface area contributed by atoms with Gasteiger partial charge in [-0.15, -0.1) is 0 Å². The van der Waals surface area contributed by atoms with Crippen LogP contribution in [-0.2, 0) is 16.1 Å². The van der Waals surface area contributed by atoms with E-state index in [0.717, 1.165) is 0 Å². The Bertz CT molecular complexity index is 1000. The van der Waals surface area contributed by atoms with Crippen molar-refractivity contribution < 1.29 is 18.7 Å². The van der Waals surface area contributed by atoms with Crippen molar-refractivity contribution in [3.63, 3.8) is 0 Å². The van der Waals surface area contributed by atoms with Crippen LogP contribution < -0.4 is 11.1 Å². The average Bonchev–Trinajstić information content (AvgIpc) is 2.89. The fourth-order valence-electron chi connectivity index (χ4n) is 2.34. The molecule has 0 radical (unpaired) electrons. The minimum atomic E-state index is -0.645. The number of rotatable bonds is 4. The summed E-state index contributed by atoms with van der Waals surface area (Å²) in [5.41, 5.74) is 1.65. The number of ether oxygens (including phenoxy) is 1. The molecule has 0 unspecified atom stereocenters. The molecule has 0 saturated heterocycles. The molecule has 0 fully saturated rings. The van der Waals surface area contributed by atoms with Crippen molar-refractivity contribution in [2.75, 3.05) is 12.4 Å². The van der Waals surface area contributed by atoms with Crippen LogP contribution in [0.5, 0.6) is 0 Å². The minimum Gasteiger partial charge on any atom is -0.465 e. The maximum absolute atomic E-state index is 12.2. The zero-order chi connectivity index (χ0) is 18.0. The normalized spacial score (nSPS) is 10.6. The fraction of sp³-hybridized carbons (Fsp3) is 0.118. The molecular weight excluding hydrogens is 348 g/mol. The first-order valence-corrected chi connectivity index (χ1v) is 7.63. The smallest absolute Gasteiger partial charge is 0.420 e. The lowest BCUT2D eigenvalue weighted by Gasteiger charge is -2.06. The number of fused-ring (bicyclic) bond motifs is 1. The van der Waals surface area contributed by atoms with Gasteiger partial charge in [0.05, 0.1) is 18.2 Å². The largest absolute Gasteiger partial charge is 0.465 e. The Labute approximate surface area is 146 Å². The Morgan fingerprint density at radius 2 is 1.92 bits per heavy atom. The first-order valence-electron chi connectivity index (χ1n) is 7.25. The number of amides is 1. The van der Waals surface area contributed by atoms with Crippen molar-refractivity contribution >= 4 is 40.3 Å². The zero-order valence-corrected chi connectivity index (χ0v) is 13.9. The summed E-state index contributed by atoms with van der Waals surface area (Å²) in [4.78, 5) is 35.5. The summed E-state index contributed by atoms with van der Waals surface area (Å²) >= 11 is 5.86. The van der Waals surface area contributed by atoms with Crippen molar-refractivity contribution in [2.45, 2.75) is 6.54 Å². The van der Waals surface area contributed by atoms with Gasteiger partial charge < -0.3 is 14.5 Å². The predicted octanol–water partition coefficient (Wildman–Crippen LogP) is 2.67. The highest BCUT2D eigenvalue weighted by Gasteiger charge is 2.13. The quantitative estimate of drug-likeness (QED) is 0.722. The number of hydrogen-bond acceptors (Lipinski definition) is 5. The second kappa shape index (κ2) is 6.82. The molecule has 8 heteroatoms. The van der Waals surface area contributed by atoms with Gasteiger partial charge in [0.25, 0.3) is 0 Å². The standard InChI is InChI=1S/C17H13ClN2O5/c1-24-16(22)10-2-5-12(6-3-10)19-15(21)9-20-13-7-4-11(18)8-14(13)25-17(20)23/h2-8H,9H2,1H3,(H,19,21). The van der Waals surface area contributed by atoms with Crippen LogP contribution in [0.15, 0.2) is 51.7 Å². The minimum absolute atomic E-state index is 0.216. The van der Waals surface area contributed by atoms with Crippen LogP contribution in [0.25, 0.3) is 11.1 Å². The van der Waals surface area contributed by atoms with E-state index in [2.05, 4.69) is 10.1 Å². The Kier molecular flexibility index (Phi) is 4.58. The molecule has 25 heavy (non-hydrogen) atoms. The molecule has 3 rings (SSSR count). The van der Waals surface area contributed by atoms with Gasteiger partial charge in [-0.2, -0.15) is 0 Å². The third-order valence-corrected chi connectivity index (χ3v) is 3.76. The van der Waals surface area contributed by atoms with Crippen LogP contribution in [0.4, 0.5) is 5.69 Å². The second-order valence-corrected chi connectivity index (χ2v) is 5.62. The lowest BCUT2D eigenvalue weighted by atomic mass is 10.2. The second-order valence-electron chi connectivity index (χ2n) is 5.18. The monoisotopic (exact) mass is 360 g/mol. The van der Waals surface area contributed by atoms with Gasteiger partial charge in [0, 0.05) is 16.8 Å². The van der Waals surface area contributed by atoms with Crippen LogP contribution in [0.2, 0.25) is 5.02 Å². The lowest BCUT2D eigenvalue weighted by Crippen LogP contribution is -2.24. The Balaban J connectivity index is 1.76. The van der Waals surface area contributed by atoms with Crippen LogP contribution in [0, 0.1) is 0 Å². The van der Waals surface area contributed by atoms with E-state index in [9.17, 15) is 14.4 Å². The van der Waals surface area contributed by atoms with E-state index >= 15 is 0 Å². The number of nitrogens with one attached hydrogen (secondary N) is 1. The number of methoxy groups -OCH3 is 1. The maximum Gasteiger partial charge on any atom is 0.420 e. The molecule has 1 aromatic heterocycles. The highest BCUT2D eigenvalue weighted by molar-refractivity contribution is 6.31. The first-order chi connectivity index (χ1) is 12.0. The summed E-state index contributed by atoms with van der Waals surface area (Å²) in [6.07, 6.45) is 0. The van der Waals surface area contributed by atoms with Gasteiger partial charge in [0.2, 0.25) is 5.91 Å². The molecule has 7 nitrogen and oxygen atoms in total. The summed E-state index contributed by atoms with van der Waals surface area (Å²) in [6, 6.07) is 10.9. The average molecular weight is 361 g/mol. The Morgan fingerprint density at radius 3 is 2.60 bits per heavy atom. The number of carbonyl (C=O) groups is 2. The highest BCUT2D eigenvalue weighted by atomic mass is 35.5. The molecular formula is C17H13ClN2O5. The number of benzene rings is 2. The van der Waals surface area contributed by atoms with Gasteiger partial charge >= 0.3 is 11.7 Å². The van der Waals surface area contributed by atoms with Gasteiger partial charge in [-0.3, -0.25) is 9.36 Å². The van der Waals surface area contributed by atoms with Gasteiger partial charge in [-0.05, 0) is 36.4 Å². The SMILES string of the molecule is COC(=O)c1ccc(NC(=O)Cn2c(=O)oc3cc(Cl)ccc32)cc1. The predicted molar refractivity (Wildman–Crippen MR) is 91.9 cm³/mol. The van der Waals surface area contributed by atoms with Crippen LogP contribution in [0.3, 0.4) is 0 Å². The molecule has 128 valence electrons. The molecule has 3 aromatic rings. The molecule has 0 saturated carbocycles. The van der Waals surface area contributed by atoms with E-state index < -0.39 is 17.6 Å². The van der Waals surface area contributed by atoms with E-state index in [0.29, 0.717) is 27.4 Å². The Hall–Kier alpha value is -3.06. The van der Waals surface area contributed by atoms with Crippen LogP contribution in [-0.4, -0.2) is 23.6 Å². The van der Waals surface area contributed by atoms with E-state index in [4.69, 9.17) is 16.0 Å². The third kappa shape index (κ3) is 3.56. The summed E-state index contributed by atoms with van der Waals surface area (Å²) < 4.78 is 10.9. The fourth-order valence-corrected chi connectivity index (χ4v) is 2.50. The molecule has 1 N–H and O–H groups in total. The lowest BCUT2D eigenvalue weighted by molar-refractivity contribution is -0.116. The van der Waals surface area contributed by atoms with Crippen molar-refractivity contribution in [1.29, 1.82) is 0 Å². The number of oxazole rings is 1. The maximum atomic E-state index is 12.2. The van der Waals surface area contributed by atoms with E-state index in [1.165, 1.54) is 29.9 Å². The molecule has 0 aliphatic carbocycles. The number of esters is 1. The highest BCUT2D eigenvalue weighted by Crippen LogP contribution is 2.18. The summed E-state index contributed by atoms with van der Waals surface area (Å²) in [6.45, 7) is -0.216. The number of hydrogen-bond donors (Lipinski definition) is 1. The van der Waals surface area contributed by atoms with Crippen molar-refractivity contribution in [3.05, 3.63) is 63.6 Å². The molecule has 0 bridgehead atoms. The van der Waals surface area contributed by atoms with Crippen molar-refractivity contribution in [3.8, 4) is 0 Å². The molecule has 2 aromatic carbocycles. The number of carbonyl (C=O) groups excluding carboxylic acids is 2. The number of nitrogens with zero attached hydrogens (tertiary/aromatic N) is 1. The van der Waals surface area contributed by atoms with Crippen molar-refractivity contribution in [1.82, 2.24) is 4.57 Å². The Morgan fingerprint density at radius 1 is 1.20 bits per heavy atom. The molecule has 0 aliphatic rings. The van der Waals surface area contributed by atoms with Gasteiger partial charge in [-0.1, -0.05) is 11.6 Å². The number of aromatic nitrogens is 1. The van der Waals surface area contributed by atoms with E-state index in [1.807, 2.05) is 0 Å². The zero-order valence-electron chi connectivity index (χ0n) is 13.1. The summed E-state index contributed by atoms with van der Waals surface area (Å²) in [7, 11) is 1.29.